The largest absolute Gasteiger partial charge is 0.390 e. The first-order chi connectivity index (χ1) is 8.04. The molecular weight excluding hydrogens is 214 g/mol. The van der Waals surface area contributed by atoms with Crippen molar-refractivity contribution in [3.05, 3.63) is 35.4 Å². The van der Waals surface area contributed by atoms with Gasteiger partial charge in [0, 0.05) is 12.6 Å². The van der Waals surface area contributed by atoms with E-state index < -0.39 is 5.60 Å². The maximum Gasteiger partial charge on any atom is 0.0720 e. The maximum atomic E-state index is 9.83. The van der Waals surface area contributed by atoms with Gasteiger partial charge in [-0.1, -0.05) is 24.3 Å². The molecular formula is C14H21NO2. The van der Waals surface area contributed by atoms with Crippen LogP contribution in [0.1, 0.15) is 31.4 Å². The third-order valence-electron chi connectivity index (χ3n) is 3.02. The van der Waals surface area contributed by atoms with Crippen LogP contribution in [0.2, 0.25) is 0 Å². The Morgan fingerprint density at radius 3 is 2.76 bits per heavy atom. The summed E-state index contributed by atoms with van der Waals surface area (Å²) in [6, 6.07) is 8.53. The van der Waals surface area contributed by atoms with Crippen molar-refractivity contribution in [1.82, 2.24) is 5.32 Å². The van der Waals surface area contributed by atoms with Crippen LogP contribution in [0.15, 0.2) is 24.3 Å². The molecule has 1 heterocycles. The number of hydrogen-bond donors (Lipinski definition) is 2. The standard InChI is InChI=1S/C14H21NO2/c1-14(2,16)7-13-10-17-9-12-6-4-3-5-11(12)8-15-13/h3-6,13,15-16H,7-10H2,1-2H3/t13-/m1/s1. The molecule has 3 nitrogen and oxygen atoms in total. The number of aliphatic hydroxyl groups is 1. The SMILES string of the molecule is CC(C)(O)C[C@@H]1COCc2ccccc2CN1. The predicted octanol–water partition coefficient (Wildman–Crippen LogP) is 1.84. The minimum Gasteiger partial charge on any atom is -0.390 e. The second kappa shape index (κ2) is 5.17. The summed E-state index contributed by atoms with van der Waals surface area (Å²) in [4.78, 5) is 0. The highest BCUT2D eigenvalue weighted by molar-refractivity contribution is 5.26. The summed E-state index contributed by atoms with van der Waals surface area (Å²) in [6.45, 7) is 5.83. The van der Waals surface area contributed by atoms with Crippen LogP contribution in [0.3, 0.4) is 0 Å². The van der Waals surface area contributed by atoms with Gasteiger partial charge in [-0.15, -0.1) is 0 Å². The minimum atomic E-state index is -0.653. The molecule has 17 heavy (non-hydrogen) atoms. The van der Waals surface area contributed by atoms with Gasteiger partial charge < -0.3 is 15.2 Å². The molecule has 1 aromatic carbocycles. The summed E-state index contributed by atoms with van der Waals surface area (Å²) in [7, 11) is 0. The van der Waals surface area contributed by atoms with Crippen molar-refractivity contribution < 1.29 is 9.84 Å². The number of nitrogens with one attached hydrogen (secondary N) is 1. The normalized spacial score (nSPS) is 21.5. The van der Waals surface area contributed by atoms with E-state index in [4.69, 9.17) is 4.74 Å². The molecule has 1 aliphatic heterocycles. The lowest BCUT2D eigenvalue weighted by Gasteiger charge is -2.28. The van der Waals surface area contributed by atoms with Crippen molar-refractivity contribution in [2.24, 2.45) is 0 Å². The summed E-state index contributed by atoms with van der Waals surface area (Å²) in [5.74, 6) is 0. The summed E-state index contributed by atoms with van der Waals surface area (Å²) in [5, 5.41) is 13.3. The Morgan fingerprint density at radius 2 is 2.06 bits per heavy atom. The lowest BCUT2D eigenvalue weighted by molar-refractivity contribution is 0.0285. The lowest BCUT2D eigenvalue weighted by atomic mass is 9.98. The third kappa shape index (κ3) is 3.80. The fourth-order valence-corrected chi connectivity index (χ4v) is 2.23. The first kappa shape index (κ1) is 12.6. The van der Waals surface area contributed by atoms with E-state index in [2.05, 4.69) is 17.4 Å². The third-order valence-corrected chi connectivity index (χ3v) is 3.02. The van der Waals surface area contributed by atoms with E-state index in [0.29, 0.717) is 19.6 Å². The maximum absolute atomic E-state index is 9.83. The van der Waals surface area contributed by atoms with Gasteiger partial charge >= 0.3 is 0 Å². The molecule has 0 saturated carbocycles. The van der Waals surface area contributed by atoms with Gasteiger partial charge in [-0.3, -0.25) is 0 Å². The Kier molecular flexibility index (Phi) is 3.82. The second-order valence-electron chi connectivity index (χ2n) is 5.38. The Morgan fingerprint density at radius 1 is 1.35 bits per heavy atom. The summed E-state index contributed by atoms with van der Waals surface area (Å²) in [5.41, 5.74) is 1.88. The Hall–Kier alpha value is -0.900. The van der Waals surface area contributed by atoms with Crippen LogP contribution in [0.5, 0.6) is 0 Å². The van der Waals surface area contributed by atoms with E-state index in [0.717, 1.165) is 6.54 Å². The Balaban J connectivity index is 2.02. The average molecular weight is 235 g/mol. The van der Waals surface area contributed by atoms with Crippen molar-refractivity contribution in [3.63, 3.8) is 0 Å². The van der Waals surface area contributed by atoms with Crippen LogP contribution >= 0.6 is 0 Å². The minimum absolute atomic E-state index is 0.211. The van der Waals surface area contributed by atoms with Gasteiger partial charge in [-0.2, -0.15) is 0 Å². The molecule has 2 rings (SSSR count). The zero-order valence-electron chi connectivity index (χ0n) is 10.6. The van der Waals surface area contributed by atoms with E-state index >= 15 is 0 Å². The number of rotatable bonds is 2. The smallest absolute Gasteiger partial charge is 0.0720 e. The Labute approximate surface area is 103 Å². The molecule has 0 fully saturated rings. The molecule has 0 saturated heterocycles. The van der Waals surface area contributed by atoms with Gasteiger partial charge in [0.15, 0.2) is 0 Å². The van der Waals surface area contributed by atoms with Crippen LogP contribution in [-0.4, -0.2) is 23.4 Å². The molecule has 1 atom stereocenters. The zero-order chi connectivity index (χ0) is 12.3. The van der Waals surface area contributed by atoms with Crippen LogP contribution in [0.25, 0.3) is 0 Å². The van der Waals surface area contributed by atoms with Crippen molar-refractivity contribution in [2.75, 3.05) is 6.61 Å². The van der Waals surface area contributed by atoms with E-state index in [1.807, 2.05) is 26.0 Å². The van der Waals surface area contributed by atoms with Gasteiger partial charge in [0.1, 0.15) is 0 Å². The van der Waals surface area contributed by atoms with Gasteiger partial charge in [-0.05, 0) is 31.4 Å². The second-order valence-corrected chi connectivity index (χ2v) is 5.38. The van der Waals surface area contributed by atoms with Crippen LogP contribution in [-0.2, 0) is 17.9 Å². The highest BCUT2D eigenvalue weighted by Crippen LogP contribution is 2.17. The van der Waals surface area contributed by atoms with Crippen molar-refractivity contribution >= 4 is 0 Å². The molecule has 0 bridgehead atoms. The molecule has 0 radical (unpaired) electrons. The first-order valence-corrected chi connectivity index (χ1v) is 6.15. The van der Waals surface area contributed by atoms with E-state index in [-0.39, 0.29) is 6.04 Å². The summed E-state index contributed by atoms with van der Waals surface area (Å²) >= 11 is 0. The fraction of sp³-hybridized carbons (Fsp3) is 0.571. The highest BCUT2D eigenvalue weighted by Gasteiger charge is 2.21. The first-order valence-electron chi connectivity index (χ1n) is 6.15. The van der Waals surface area contributed by atoms with E-state index in [1.54, 1.807) is 0 Å². The quantitative estimate of drug-likeness (QED) is 0.822. The van der Waals surface area contributed by atoms with Gasteiger partial charge in [0.2, 0.25) is 0 Å². The van der Waals surface area contributed by atoms with Crippen molar-refractivity contribution in [3.8, 4) is 0 Å². The lowest BCUT2D eigenvalue weighted by Crippen LogP contribution is -2.40. The van der Waals surface area contributed by atoms with Crippen LogP contribution in [0, 0.1) is 0 Å². The molecule has 1 aliphatic rings. The highest BCUT2D eigenvalue weighted by atomic mass is 16.5. The average Bonchev–Trinajstić information content (AvgIpc) is 2.22. The topological polar surface area (TPSA) is 41.5 Å². The molecule has 1 aromatic rings. The fourth-order valence-electron chi connectivity index (χ4n) is 2.23. The van der Waals surface area contributed by atoms with E-state index in [9.17, 15) is 5.11 Å². The van der Waals surface area contributed by atoms with Crippen molar-refractivity contribution in [2.45, 2.75) is 45.1 Å². The molecule has 0 aliphatic carbocycles. The number of benzene rings is 1. The summed E-state index contributed by atoms with van der Waals surface area (Å²) < 4.78 is 5.69. The monoisotopic (exact) mass is 235 g/mol. The molecule has 0 amide bonds. The van der Waals surface area contributed by atoms with Gasteiger partial charge in [0.05, 0.1) is 18.8 Å². The predicted molar refractivity (Wildman–Crippen MR) is 67.6 cm³/mol. The van der Waals surface area contributed by atoms with Crippen LogP contribution in [0.4, 0.5) is 0 Å². The Bertz CT molecular complexity index is 371. The molecule has 3 heteroatoms. The molecule has 94 valence electrons. The van der Waals surface area contributed by atoms with Crippen molar-refractivity contribution in [1.29, 1.82) is 0 Å². The van der Waals surface area contributed by atoms with Gasteiger partial charge in [-0.25, -0.2) is 0 Å². The number of hydrogen-bond acceptors (Lipinski definition) is 3. The number of fused-ring (bicyclic) bond motifs is 1. The molecule has 0 spiro atoms. The molecule has 0 unspecified atom stereocenters. The molecule has 2 N–H and O–H groups in total. The van der Waals surface area contributed by atoms with Crippen LogP contribution < -0.4 is 5.32 Å². The van der Waals surface area contributed by atoms with Gasteiger partial charge in [0.25, 0.3) is 0 Å². The van der Waals surface area contributed by atoms with E-state index in [1.165, 1.54) is 11.1 Å². The zero-order valence-corrected chi connectivity index (χ0v) is 10.6. The number of ether oxygens (including phenoxy) is 1. The molecule has 0 aromatic heterocycles. The summed E-state index contributed by atoms with van der Waals surface area (Å²) in [6.07, 6.45) is 0.704.